The van der Waals surface area contributed by atoms with E-state index >= 15 is 0 Å². The first-order chi connectivity index (χ1) is 9.61. The number of nitrogens with zero attached hydrogens (tertiary/aromatic N) is 2. The van der Waals surface area contributed by atoms with E-state index in [-0.39, 0.29) is 0 Å². The van der Waals surface area contributed by atoms with Crippen LogP contribution in [0.5, 0.6) is 0 Å². The first kappa shape index (κ1) is 16.2. The van der Waals surface area contributed by atoms with Gasteiger partial charge in [-0.05, 0) is 18.4 Å². The summed E-state index contributed by atoms with van der Waals surface area (Å²) >= 11 is 0. The molecule has 0 aliphatic rings. The Balaban J connectivity index is 2.55. The Kier molecular flexibility index (Phi) is 6.72. The van der Waals surface area contributed by atoms with E-state index in [2.05, 4.69) is 4.72 Å². The van der Waals surface area contributed by atoms with Gasteiger partial charge in [0.25, 0.3) is 0 Å². The van der Waals surface area contributed by atoms with Crippen LogP contribution in [0.2, 0.25) is 0 Å². The third-order valence-electron chi connectivity index (χ3n) is 2.80. The smallest absolute Gasteiger partial charge is 0.214 e. The van der Waals surface area contributed by atoms with Crippen molar-refractivity contribution in [3.8, 4) is 12.1 Å². The van der Waals surface area contributed by atoms with E-state index in [4.69, 9.17) is 10.5 Å². The van der Waals surface area contributed by atoms with Crippen LogP contribution in [0.3, 0.4) is 0 Å². The highest BCUT2D eigenvalue weighted by atomic mass is 32.2. The van der Waals surface area contributed by atoms with Gasteiger partial charge in [-0.2, -0.15) is 10.5 Å². The highest BCUT2D eigenvalue weighted by Crippen LogP contribution is 2.20. The van der Waals surface area contributed by atoms with Gasteiger partial charge < -0.3 is 0 Å². The van der Waals surface area contributed by atoms with Crippen LogP contribution in [0.25, 0.3) is 0 Å². The van der Waals surface area contributed by atoms with Gasteiger partial charge in [-0.15, -0.1) is 0 Å². The van der Waals surface area contributed by atoms with Gasteiger partial charge in [0, 0.05) is 13.0 Å². The Bertz CT molecular complexity index is 585. The second-order valence-corrected chi connectivity index (χ2v) is 6.18. The van der Waals surface area contributed by atoms with E-state index in [1.165, 1.54) is 0 Å². The van der Waals surface area contributed by atoms with Crippen LogP contribution in [0.4, 0.5) is 0 Å². The molecule has 0 spiro atoms. The average molecular weight is 291 g/mol. The normalized spacial score (nSPS) is 12.3. The molecule has 0 saturated carbocycles. The molecule has 106 valence electrons. The molecule has 5 nitrogen and oxygen atoms in total. The molecule has 0 fully saturated rings. The Morgan fingerprint density at radius 1 is 1.10 bits per heavy atom. The summed E-state index contributed by atoms with van der Waals surface area (Å²) in [5.74, 6) is 0. The molecular weight excluding hydrogens is 274 g/mol. The molecule has 0 bridgehead atoms. The second kappa shape index (κ2) is 8.31. The van der Waals surface area contributed by atoms with Crippen LogP contribution in [0.15, 0.2) is 30.3 Å². The quantitative estimate of drug-likeness (QED) is 0.743. The van der Waals surface area contributed by atoms with Crippen molar-refractivity contribution >= 4 is 10.0 Å². The largest absolute Gasteiger partial charge is 0.232 e. The van der Waals surface area contributed by atoms with Crippen molar-refractivity contribution in [2.24, 2.45) is 0 Å². The number of sulfonamides is 1. The molecule has 0 radical (unpaired) electrons. The summed E-state index contributed by atoms with van der Waals surface area (Å²) in [6.45, 7) is 0.290. The van der Waals surface area contributed by atoms with Crippen LogP contribution < -0.4 is 4.72 Å². The molecule has 1 atom stereocenters. The Hall–Kier alpha value is -1.89. The van der Waals surface area contributed by atoms with E-state index < -0.39 is 15.3 Å². The number of hydrogen-bond acceptors (Lipinski definition) is 4. The predicted octanol–water partition coefficient (Wildman–Crippen LogP) is 2.25. The molecular formula is C14H17N3O2S. The van der Waals surface area contributed by atoms with Crippen molar-refractivity contribution in [2.45, 2.75) is 30.9 Å². The highest BCUT2D eigenvalue weighted by Gasteiger charge is 2.26. The maximum Gasteiger partial charge on any atom is 0.232 e. The molecule has 0 aromatic heterocycles. The maximum atomic E-state index is 12.1. The second-order valence-electron chi connectivity index (χ2n) is 4.33. The molecule has 1 rings (SSSR count). The molecule has 6 heteroatoms. The van der Waals surface area contributed by atoms with Gasteiger partial charge in [0.2, 0.25) is 10.0 Å². The number of unbranched alkanes of at least 4 members (excludes halogenated alkanes) is 3. The zero-order valence-corrected chi connectivity index (χ0v) is 11.9. The molecule has 0 amide bonds. The fourth-order valence-electron chi connectivity index (χ4n) is 1.75. The third kappa shape index (κ3) is 5.00. The minimum Gasteiger partial charge on any atom is -0.214 e. The van der Waals surface area contributed by atoms with Crippen molar-refractivity contribution in [3.05, 3.63) is 35.9 Å². The van der Waals surface area contributed by atoms with Crippen molar-refractivity contribution in [1.82, 2.24) is 4.72 Å². The molecule has 0 aliphatic carbocycles. The fourth-order valence-corrected chi connectivity index (χ4v) is 3.00. The van der Waals surface area contributed by atoms with Gasteiger partial charge in [-0.25, -0.2) is 13.1 Å². The number of nitriles is 2. The molecule has 0 saturated heterocycles. The van der Waals surface area contributed by atoms with Crippen molar-refractivity contribution in [2.75, 3.05) is 6.54 Å². The third-order valence-corrected chi connectivity index (χ3v) is 4.40. The maximum absolute atomic E-state index is 12.1. The van der Waals surface area contributed by atoms with Crippen LogP contribution in [-0.2, 0) is 10.0 Å². The van der Waals surface area contributed by atoms with Gasteiger partial charge in [0.15, 0.2) is 5.25 Å². The van der Waals surface area contributed by atoms with Gasteiger partial charge in [-0.1, -0.05) is 36.8 Å². The van der Waals surface area contributed by atoms with Crippen molar-refractivity contribution in [3.63, 3.8) is 0 Å². The van der Waals surface area contributed by atoms with Gasteiger partial charge in [0.1, 0.15) is 0 Å². The van der Waals surface area contributed by atoms with Crippen LogP contribution in [0, 0.1) is 22.7 Å². The summed E-state index contributed by atoms with van der Waals surface area (Å²) in [5, 5.41) is 16.3. The summed E-state index contributed by atoms with van der Waals surface area (Å²) in [4.78, 5) is 0. The zero-order chi connectivity index (χ0) is 14.8. The van der Waals surface area contributed by atoms with Crippen molar-refractivity contribution in [1.29, 1.82) is 10.5 Å². The van der Waals surface area contributed by atoms with Gasteiger partial charge in [-0.3, -0.25) is 0 Å². The van der Waals surface area contributed by atoms with E-state index in [0.717, 1.165) is 12.8 Å². The average Bonchev–Trinajstić information content (AvgIpc) is 2.44. The highest BCUT2D eigenvalue weighted by molar-refractivity contribution is 7.90. The number of nitrogens with one attached hydrogen (secondary N) is 1. The predicted molar refractivity (Wildman–Crippen MR) is 75.8 cm³/mol. The van der Waals surface area contributed by atoms with Crippen molar-refractivity contribution < 1.29 is 8.42 Å². The Morgan fingerprint density at radius 2 is 1.80 bits per heavy atom. The number of benzene rings is 1. The summed E-state index contributed by atoms with van der Waals surface area (Å²) in [7, 11) is -3.69. The zero-order valence-electron chi connectivity index (χ0n) is 11.1. The molecule has 1 aromatic rings. The van der Waals surface area contributed by atoms with E-state index in [9.17, 15) is 8.42 Å². The van der Waals surface area contributed by atoms with E-state index in [1.54, 1.807) is 30.3 Å². The van der Waals surface area contributed by atoms with E-state index in [1.807, 2.05) is 12.1 Å². The van der Waals surface area contributed by atoms with Crippen LogP contribution >= 0.6 is 0 Å². The summed E-state index contributed by atoms with van der Waals surface area (Å²) in [5.41, 5.74) is 0.465. The number of hydrogen-bond donors (Lipinski definition) is 1. The Labute approximate surface area is 119 Å². The fraction of sp³-hybridized carbons (Fsp3) is 0.429. The first-order valence-corrected chi connectivity index (χ1v) is 7.96. The SMILES string of the molecule is N#CCCCCCNS(=O)(=O)C(C#N)c1ccccc1. The molecule has 1 N–H and O–H groups in total. The minimum atomic E-state index is -3.69. The topological polar surface area (TPSA) is 93.8 Å². The summed E-state index contributed by atoms with van der Waals surface area (Å²) < 4.78 is 26.6. The minimum absolute atomic E-state index is 0.290. The molecule has 1 aromatic carbocycles. The lowest BCUT2D eigenvalue weighted by Crippen LogP contribution is -2.29. The van der Waals surface area contributed by atoms with Crippen LogP contribution in [0.1, 0.15) is 36.5 Å². The lowest BCUT2D eigenvalue weighted by molar-refractivity contribution is 0.570. The summed E-state index contributed by atoms with van der Waals surface area (Å²) in [6.07, 6.45) is 2.70. The lowest BCUT2D eigenvalue weighted by Gasteiger charge is -2.12. The first-order valence-electron chi connectivity index (χ1n) is 6.42. The van der Waals surface area contributed by atoms with Gasteiger partial charge in [0.05, 0.1) is 12.1 Å². The van der Waals surface area contributed by atoms with E-state index in [0.29, 0.717) is 24.9 Å². The summed E-state index contributed by atoms with van der Waals surface area (Å²) in [6, 6.07) is 12.3. The molecule has 0 heterocycles. The molecule has 0 aliphatic heterocycles. The number of rotatable bonds is 8. The van der Waals surface area contributed by atoms with Gasteiger partial charge >= 0.3 is 0 Å². The lowest BCUT2D eigenvalue weighted by atomic mass is 10.2. The molecule has 20 heavy (non-hydrogen) atoms. The molecule has 1 unspecified atom stereocenters. The Morgan fingerprint density at radius 3 is 2.40 bits per heavy atom. The van der Waals surface area contributed by atoms with Crippen LogP contribution in [-0.4, -0.2) is 15.0 Å². The standard InChI is InChI=1S/C14H17N3O2S/c15-10-6-1-2-7-11-17-20(18,19)14(12-16)13-8-4-3-5-9-13/h3-5,8-9,14,17H,1-2,6-7,11H2. The monoisotopic (exact) mass is 291 g/mol.